The fourth-order valence-electron chi connectivity index (χ4n) is 1.95. The highest BCUT2D eigenvalue weighted by Gasteiger charge is 2.04. The number of nitrogens with one attached hydrogen (secondary N) is 1. The van der Waals surface area contributed by atoms with E-state index < -0.39 is 0 Å². The highest BCUT2D eigenvalue weighted by Crippen LogP contribution is 2.25. The summed E-state index contributed by atoms with van der Waals surface area (Å²) in [6.07, 6.45) is 0. The molecule has 0 aliphatic rings. The van der Waals surface area contributed by atoms with Gasteiger partial charge in [-0.2, -0.15) is 0 Å². The SMILES string of the molecule is Brc1ccc(-c2csc(NCCOc3ccccc3)n2)cc1. The quantitative estimate of drug-likeness (QED) is 0.612. The van der Waals surface area contributed by atoms with Gasteiger partial charge in [0.05, 0.1) is 12.2 Å². The molecule has 0 amide bonds. The number of ether oxygens (including phenoxy) is 1. The molecule has 0 fully saturated rings. The fraction of sp³-hybridized carbons (Fsp3) is 0.118. The molecule has 0 radical (unpaired) electrons. The van der Waals surface area contributed by atoms with Gasteiger partial charge in [0.1, 0.15) is 12.4 Å². The van der Waals surface area contributed by atoms with Crippen LogP contribution in [0.2, 0.25) is 0 Å². The van der Waals surface area contributed by atoms with Crippen LogP contribution >= 0.6 is 27.3 Å². The van der Waals surface area contributed by atoms with Gasteiger partial charge in [-0.05, 0) is 24.3 Å². The number of thiazole rings is 1. The lowest BCUT2D eigenvalue weighted by Crippen LogP contribution is -2.11. The van der Waals surface area contributed by atoms with Crippen molar-refractivity contribution in [3.63, 3.8) is 0 Å². The summed E-state index contributed by atoms with van der Waals surface area (Å²) in [7, 11) is 0. The number of halogens is 1. The fourth-order valence-corrected chi connectivity index (χ4v) is 2.96. The Kier molecular flexibility index (Phi) is 5.08. The Bertz CT molecular complexity index is 713. The van der Waals surface area contributed by atoms with Gasteiger partial charge in [0.25, 0.3) is 0 Å². The van der Waals surface area contributed by atoms with Crippen molar-refractivity contribution in [1.29, 1.82) is 0 Å². The Morgan fingerprint density at radius 2 is 1.82 bits per heavy atom. The Morgan fingerprint density at radius 1 is 1.05 bits per heavy atom. The molecule has 0 aliphatic carbocycles. The molecule has 2 aromatic carbocycles. The number of hydrogen-bond donors (Lipinski definition) is 1. The van der Waals surface area contributed by atoms with E-state index in [1.165, 1.54) is 0 Å². The van der Waals surface area contributed by atoms with Crippen LogP contribution in [0.15, 0.2) is 64.5 Å². The first-order valence-corrected chi connectivity index (χ1v) is 8.62. The van der Waals surface area contributed by atoms with Gasteiger partial charge < -0.3 is 10.1 Å². The van der Waals surface area contributed by atoms with Crippen molar-refractivity contribution < 1.29 is 4.74 Å². The zero-order chi connectivity index (χ0) is 15.2. The number of nitrogens with zero attached hydrogens (tertiary/aromatic N) is 1. The smallest absolute Gasteiger partial charge is 0.183 e. The van der Waals surface area contributed by atoms with Gasteiger partial charge >= 0.3 is 0 Å². The molecule has 1 aromatic heterocycles. The Hall–Kier alpha value is -1.85. The minimum absolute atomic E-state index is 0.608. The van der Waals surface area contributed by atoms with E-state index in [0.29, 0.717) is 6.61 Å². The number of anilines is 1. The summed E-state index contributed by atoms with van der Waals surface area (Å²) in [6, 6.07) is 18.0. The van der Waals surface area contributed by atoms with Gasteiger partial charge in [-0.25, -0.2) is 4.98 Å². The van der Waals surface area contributed by atoms with Crippen molar-refractivity contribution >= 4 is 32.4 Å². The zero-order valence-electron chi connectivity index (χ0n) is 11.8. The monoisotopic (exact) mass is 374 g/mol. The van der Waals surface area contributed by atoms with Gasteiger partial charge in [-0.3, -0.25) is 0 Å². The van der Waals surface area contributed by atoms with Crippen LogP contribution in [0, 0.1) is 0 Å². The standard InChI is InChI=1S/C17H15BrN2OS/c18-14-8-6-13(7-9-14)16-12-22-17(20-16)19-10-11-21-15-4-2-1-3-5-15/h1-9,12H,10-11H2,(H,19,20). The predicted molar refractivity (Wildman–Crippen MR) is 95.7 cm³/mol. The lowest BCUT2D eigenvalue weighted by atomic mass is 10.2. The average Bonchev–Trinajstić information content (AvgIpc) is 3.02. The van der Waals surface area contributed by atoms with Crippen LogP contribution < -0.4 is 10.1 Å². The molecule has 22 heavy (non-hydrogen) atoms. The molecular weight excluding hydrogens is 360 g/mol. The van der Waals surface area contributed by atoms with Crippen LogP contribution in [0.25, 0.3) is 11.3 Å². The van der Waals surface area contributed by atoms with E-state index in [1.54, 1.807) is 11.3 Å². The molecular formula is C17H15BrN2OS. The lowest BCUT2D eigenvalue weighted by molar-refractivity contribution is 0.333. The molecule has 1 N–H and O–H groups in total. The molecule has 3 nitrogen and oxygen atoms in total. The topological polar surface area (TPSA) is 34.1 Å². The predicted octanol–water partition coefficient (Wildman–Crippen LogP) is 5.06. The van der Waals surface area contributed by atoms with Crippen molar-refractivity contribution in [3.8, 4) is 17.0 Å². The van der Waals surface area contributed by atoms with Gasteiger partial charge in [0.15, 0.2) is 5.13 Å². The lowest BCUT2D eigenvalue weighted by Gasteiger charge is -2.06. The summed E-state index contributed by atoms with van der Waals surface area (Å²) in [5.41, 5.74) is 2.11. The van der Waals surface area contributed by atoms with E-state index in [4.69, 9.17) is 4.74 Å². The van der Waals surface area contributed by atoms with E-state index in [0.717, 1.165) is 33.2 Å². The molecule has 0 unspecified atom stereocenters. The van der Waals surface area contributed by atoms with Crippen molar-refractivity contribution in [3.05, 3.63) is 64.5 Å². The molecule has 112 valence electrons. The summed E-state index contributed by atoms with van der Waals surface area (Å²) < 4.78 is 6.71. The van der Waals surface area contributed by atoms with Crippen LogP contribution in [0.5, 0.6) is 5.75 Å². The Morgan fingerprint density at radius 3 is 2.59 bits per heavy atom. The van der Waals surface area contributed by atoms with Gasteiger partial charge in [0, 0.05) is 15.4 Å². The van der Waals surface area contributed by atoms with Gasteiger partial charge in [0.2, 0.25) is 0 Å². The first kappa shape index (κ1) is 15.1. The number of aromatic nitrogens is 1. The highest BCUT2D eigenvalue weighted by atomic mass is 79.9. The summed E-state index contributed by atoms with van der Waals surface area (Å²) in [4.78, 5) is 4.59. The maximum Gasteiger partial charge on any atom is 0.183 e. The minimum atomic E-state index is 0.608. The van der Waals surface area contributed by atoms with E-state index in [1.807, 2.05) is 42.5 Å². The molecule has 0 saturated carbocycles. The maximum atomic E-state index is 5.64. The largest absolute Gasteiger partial charge is 0.492 e. The molecule has 3 rings (SSSR count). The maximum absolute atomic E-state index is 5.64. The second kappa shape index (κ2) is 7.42. The highest BCUT2D eigenvalue weighted by molar-refractivity contribution is 9.10. The second-order valence-electron chi connectivity index (χ2n) is 4.63. The normalized spacial score (nSPS) is 10.4. The molecule has 1 heterocycles. The van der Waals surface area contributed by atoms with Crippen molar-refractivity contribution in [2.45, 2.75) is 0 Å². The van der Waals surface area contributed by atoms with Gasteiger partial charge in [-0.1, -0.05) is 46.3 Å². The van der Waals surface area contributed by atoms with Crippen molar-refractivity contribution in [1.82, 2.24) is 4.98 Å². The first-order valence-electron chi connectivity index (χ1n) is 6.94. The van der Waals surface area contributed by atoms with Gasteiger partial charge in [-0.15, -0.1) is 11.3 Å². The molecule has 0 aliphatic heterocycles. The third-order valence-electron chi connectivity index (χ3n) is 3.03. The van der Waals surface area contributed by atoms with E-state index >= 15 is 0 Å². The second-order valence-corrected chi connectivity index (χ2v) is 6.41. The third kappa shape index (κ3) is 4.08. The van der Waals surface area contributed by atoms with Crippen LogP contribution in [-0.4, -0.2) is 18.1 Å². The number of benzene rings is 2. The summed E-state index contributed by atoms with van der Waals surface area (Å²) in [5, 5.41) is 6.26. The summed E-state index contributed by atoms with van der Waals surface area (Å²) >= 11 is 5.05. The number of hydrogen-bond acceptors (Lipinski definition) is 4. The van der Waals surface area contributed by atoms with Crippen molar-refractivity contribution in [2.24, 2.45) is 0 Å². The minimum Gasteiger partial charge on any atom is -0.492 e. The molecule has 0 bridgehead atoms. The summed E-state index contributed by atoms with van der Waals surface area (Å²) in [5.74, 6) is 0.888. The third-order valence-corrected chi connectivity index (χ3v) is 4.36. The molecule has 0 saturated heterocycles. The number of para-hydroxylation sites is 1. The van der Waals surface area contributed by atoms with Crippen molar-refractivity contribution in [2.75, 3.05) is 18.5 Å². The molecule has 0 spiro atoms. The van der Waals surface area contributed by atoms with E-state index in [2.05, 4.69) is 43.7 Å². The van der Waals surface area contributed by atoms with E-state index in [-0.39, 0.29) is 0 Å². The summed E-state index contributed by atoms with van der Waals surface area (Å²) in [6.45, 7) is 1.33. The molecule has 0 atom stereocenters. The van der Waals surface area contributed by atoms with Crippen LogP contribution in [-0.2, 0) is 0 Å². The van der Waals surface area contributed by atoms with Crippen LogP contribution in [0.4, 0.5) is 5.13 Å². The zero-order valence-corrected chi connectivity index (χ0v) is 14.2. The van der Waals surface area contributed by atoms with E-state index in [9.17, 15) is 0 Å². The average molecular weight is 375 g/mol. The Balaban J connectivity index is 1.50. The van der Waals surface area contributed by atoms with Crippen LogP contribution in [0.3, 0.4) is 0 Å². The molecule has 5 heteroatoms. The number of rotatable bonds is 6. The Labute approximate surface area is 142 Å². The molecule has 3 aromatic rings. The van der Waals surface area contributed by atoms with Crippen LogP contribution in [0.1, 0.15) is 0 Å². The first-order chi connectivity index (χ1) is 10.8.